The van der Waals surface area contributed by atoms with Crippen LogP contribution in [0.4, 0.5) is 4.79 Å². The van der Waals surface area contributed by atoms with Crippen molar-refractivity contribution in [1.82, 2.24) is 9.88 Å². The minimum Gasteiger partial charge on any atom is -0.474 e. The van der Waals surface area contributed by atoms with E-state index in [0.29, 0.717) is 11.8 Å². The van der Waals surface area contributed by atoms with E-state index in [-0.39, 0.29) is 24.3 Å². The Morgan fingerprint density at radius 3 is 2.59 bits per heavy atom. The summed E-state index contributed by atoms with van der Waals surface area (Å²) in [5, 5.41) is 0. The van der Waals surface area contributed by atoms with Gasteiger partial charge in [0, 0.05) is 37.2 Å². The highest BCUT2D eigenvalue weighted by atomic mass is 16.5. The number of methoxy groups -OCH3 is 1. The van der Waals surface area contributed by atoms with Crippen LogP contribution in [0.2, 0.25) is 0 Å². The summed E-state index contributed by atoms with van der Waals surface area (Å²) in [7, 11) is 1.45. The van der Waals surface area contributed by atoms with Crippen LogP contribution in [-0.4, -0.2) is 41.3 Å². The number of ether oxygens (including phenoxy) is 2. The van der Waals surface area contributed by atoms with Crippen LogP contribution in [0, 0.1) is 0 Å². The number of carbonyl (C=O) groups is 1. The molecule has 1 aromatic heterocycles. The third-order valence-electron chi connectivity index (χ3n) is 4.79. The van der Waals surface area contributed by atoms with Crippen molar-refractivity contribution in [2.45, 2.75) is 63.6 Å². The molecule has 1 aromatic rings. The summed E-state index contributed by atoms with van der Waals surface area (Å²) in [6.45, 7) is 4.32. The molecule has 2 atom stereocenters. The molecule has 2 unspecified atom stereocenters. The number of piperidine rings is 1. The molecule has 0 N–H and O–H groups in total. The van der Waals surface area contributed by atoms with Crippen LogP contribution in [0.1, 0.15) is 51.0 Å². The van der Waals surface area contributed by atoms with Gasteiger partial charge in [-0.05, 0) is 30.4 Å². The zero-order valence-corrected chi connectivity index (χ0v) is 13.5. The molecule has 0 saturated carbocycles. The molecule has 1 amide bonds. The van der Waals surface area contributed by atoms with Gasteiger partial charge in [0.2, 0.25) is 5.88 Å². The van der Waals surface area contributed by atoms with E-state index in [2.05, 4.69) is 18.8 Å². The Labute approximate surface area is 131 Å². The Hall–Kier alpha value is -1.78. The second-order valence-electron chi connectivity index (χ2n) is 6.56. The van der Waals surface area contributed by atoms with E-state index in [4.69, 9.17) is 9.47 Å². The third-order valence-corrected chi connectivity index (χ3v) is 4.79. The highest BCUT2D eigenvalue weighted by Gasteiger charge is 2.44. The number of amides is 1. The van der Waals surface area contributed by atoms with Crippen LogP contribution in [0.25, 0.3) is 0 Å². The molecule has 2 bridgehead atoms. The minimum absolute atomic E-state index is 0.133. The van der Waals surface area contributed by atoms with Gasteiger partial charge >= 0.3 is 6.09 Å². The summed E-state index contributed by atoms with van der Waals surface area (Å²) in [4.78, 5) is 18.1. The van der Waals surface area contributed by atoms with Gasteiger partial charge in [-0.1, -0.05) is 13.8 Å². The molecule has 0 aromatic carbocycles. The van der Waals surface area contributed by atoms with E-state index in [9.17, 15) is 4.79 Å². The average molecular weight is 304 g/mol. The Balaban J connectivity index is 1.67. The SMILES string of the molecule is COC(=O)N1C2CCC1CC(Oc1cc(C(C)C)ccn1)C2. The van der Waals surface area contributed by atoms with Crippen molar-refractivity contribution in [3.8, 4) is 5.88 Å². The fourth-order valence-electron chi connectivity index (χ4n) is 3.65. The summed E-state index contributed by atoms with van der Waals surface area (Å²) in [5.41, 5.74) is 1.24. The number of rotatable bonds is 3. The largest absolute Gasteiger partial charge is 0.474 e. The maximum Gasteiger partial charge on any atom is 0.409 e. The number of pyridine rings is 1. The number of nitrogens with zero attached hydrogens (tertiary/aromatic N) is 2. The molecule has 5 nitrogen and oxygen atoms in total. The maximum absolute atomic E-state index is 11.9. The summed E-state index contributed by atoms with van der Waals surface area (Å²) < 4.78 is 11.0. The zero-order chi connectivity index (χ0) is 15.7. The van der Waals surface area contributed by atoms with Gasteiger partial charge < -0.3 is 14.4 Å². The predicted molar refractivity (Wildman–Crippen MR) is 83.0 cm³/mol. The van der Waals surface area contributed by atoms with E-state index < -0.39 is 0 Å². The van der Waals surface area contributed by atoms with E-state index in [1.807, 2.05) is 23.2 Å². The maximum atomic E-state index is 11.9. The average Bonchev–Trinajstić information content (AvgIpc) is 2.78. The molecule has 2 aliphatic rings. The molecular formula is C17H24N2O3. The first kappa shape index (κ1) is 15.1. The minimum atomic E-state index is -0.203. The van der Waals surface area contributed by atoms with Crippen molar-refractivity contribution in [1.29, 1.82) is 0 Å². The second-order valence-corrected chi connectivity index (χ2v) is 6.56. The number of hydrogen-bond donors (Lipinski definition) is 0. The van der Waals surface area contributed by atoms with Crippen molar-refractivity contribution in [2.24, 2.45) is 0 Å². The molecule has 3 rings (SSSR count). The lowest BCUT2D eigenvalue weighted by Gasteiger charge is -2.37. The first-order valence-corrected chi connectivity index (χ1v) is 8.07. The van der Waals surface area contributed by atoms with E-state index in [1.165, 1.54) is 12.7 Å². The number of carbonyl (C=O) groups excluding carboxylic acids is 1. The molecule has 2 aliphatic heterocycles. The molecule has 2 fully saturated rings. The Kier molecular flexibility index (Phi) is 4.23. The van der Waals surface area contributed by atoms with Gasteiger partial charge in [0.15, 0.2) is 0 Å². The zero-order valence-electron chi connectivity index (χ0n) is 13.5. The fourth-order valence-corrected chi connectivity index (χ4v) is 3.65. The van der Waals surface area contributed by atoms with Crippen molar-refractivity contribution in [3.63, 3.8) is 0 Å². The smallest absolute Gasteiger partial charge is 0.409 e. The van der Waals surface area contributed by atoms with Gasteiger partial charge in [-0.2, -0.15) is 0 Å². The molecule has 0 spiro atoms. The molecule has 22 heavy (non-hydrogen) atoms. The quantitative estimate of drug-likeness (QED) is 0.859. The van der Waals surface area contributed by atoms with Crippen molar-refractivity contribution in [2.75, 3.05) is 7.11 Å². The van der Waals surface area contributed by atoms with E-state index in [1.54, 1.807) is 0 Å². The van der Waals surface area contributed by atoms with Crippen molar-refractivity contribution in [3.05, 3.63) is 23.9 Å². The fraction of sp³-hybridized carbons (Fsp3) is 0.647. The lowest BCUT2D eigenvalue weighted by Crippen LogP contribution is -2.49. The topological polar surface area (TPSA) is 51.7 Å². The second kappa shape index (κ2) is 6.15. The van der Waals surface area contributed by atoms with Crippen LogP contribution in [0.15, 0.2) is 18.3 Å². The first-order valence-electron chi connectivity index (χ1n) is 8.07. The van der Waals surface area contributed by atoms with Crippen LogP contribution in [-0.2, 0) is 4.74 Å². The monoisotopic (exact) mass is 304 g/mol. The number of fused-ring (bicyclic) bond motifs is 2. The van der Waals surface area contributed by atoms with Crippen molar-refractivity contribution < 1.29 is 14.3 Å². The van der Waals surface area contributed by atoms with Crippen molar-refractivity contribution >= 4 is 6.09 Å². The van der Waals surface area contributed by atoms with Gasteiger partial charge in [-0.3, -0.25) is 0 Å². The van der Waals surface area contributed by atoms with E-state index >= 15 is 0 Å². The Bertz CT molecular complexity index is 532. The van der Waals surface area contributed by atoms with Crippen LogP contribution >= 0.6 is 0 Å². The number of hydrogen-bond acceptors (Lipinski definition) is 4. The van der Waals surface area contributed by atoms with Gasteiger partial charge in [0.25, 0.3) is 0 Å². The predicted octanol–water partition coefficient (Wildman–Crippen LogP) is 3.35. The first-order chi connectivity index (χ1) is 10.6. The van der Waals surface area contributed by atoms with Gasteiger partial charge in [0.1, 0.15) is 6.10 Å². The lowest BCUT2D eigenvalue weighted by atomic mass is 10.00. The molecule has 120 valence electrons. The van der Waals surface area contributed by atoms with Gasteiger partial charge in [-0.25, -0.2) is 9.78 Å². The Morgan fingerprint density at radius 1 is 1.32 bits per heavy atom. The number of aromatic nitrogens is 1. The lowest BCUT2D eigenvalue weighted by molar-refractivity contribution is 0.0400. The summed E-state index contributed by atoms with van der Waals surface area (Å²) in [5.74, 6) is 1.16. The normalized spacial score (nSPS) is 27.1. The molecule has 3 heterocycles. The highest BCUT2D eigenvalue weighted by molar-refractivity contribution is 5.69. The van der Waals surface area contributed by atoms with Crippen LogP contribution in [0.5, 0.6) is 5.88 Å². The van der Waals surface area contributed by atoms with Crippen LogP contribution < -0.4 is 4.74 Å². The van der Waals surface area contributed by atoms with Crippen LogP contribution in [0.3, 0.4) is 0 Å². The molecule has 2 saturated heterocycles. The molecule has 0 radical (unpaired) electrons. The van der Waals surface area contributed by atoms with Gasteiger partial charge in [-0.15, -0.1) is 0 Å². The van der Waals surface area contributed by atoms with Gasteiger partial charge in [0.05, 0.1) is 7.11 Å². The summed E-state index contributed by atoms with van der Waals surface area (Å²) >= 11 is 0. The molecule has 0 aliphatic carbocycles. The molecule has 5 heteroatoms. The Morgan fingerprint density at radius 2 is 2.00 bits per heavy atom. The molecular weight excluding hydrogens is 280 g/mol. The third kappa shape index (κ3) is 2.89. The highest BCUT2D eigenvalue weighted by Crippen LogP contribution is 2.37. The summed E-state index contributed by atoms with van der Waals surface area (Å²) in [6, 6.07) is 4.54. The van der Waals surface area contributed by atoms with E-state index in [0.717, 1.165) is 25.7 Å². The summed E-state index contributed by atoms with van der Waals surface area (Å²) in [6.07, 6.45) is 5.54. The standard InChI is InChI=1S/C17H24N2O3/c1-11(2)12-6-7-18-16(8-12)22-15-9-13-4-5-14(10-15)19(13)17(20)21-3/h6-8,11,13-15H,4-5,9-10H2,1-3H3.